The van der Waals surface area contributed by atoms with Gasteiger partial charge in [0.15, 0.2) is 0 Å². The second-order valence-corrected chi connectivity index (χ2v) is 7.39. The summed E-state index contributed by atoms with van der Waals surface area (Å²) in [4.78, 5) is 42.5. The summed E-state index contributed by atoms with van der Waals surface area (Å²) < 4.78 is 6.19. The molecule has 0 saturated heterocycles. The van der Waals surface area contributed by atoms with E-state index in [9.17, 15) is 14.4 Å². The molecule has 2 aromatic rings. The van der Waals surface area contributed by atoms with Crippen molar-refractivity contribution < 1.29 is 14.3 Å². The van der Waals surface area contributed by atoms with Gasteiger partial charge in [-0.15, -0.1) is 11.3 Å². The zero-order valence-electron chi connectivity index (χ0n) is 16.1. The molecule has 2 amide bonds. The van der Waals surface area contributed by atoms with Crippen molar-refractivity contribution in [3.8, 4) is 0 Å². The number of aromatic nitrogens is 2. The predicted molar refractivity (Wildman–Crippen MR) is 105 cm³/mol. The third-order valence-corrected chi connectivity index (χ3v) is 5.47. The minimum absolute atomic E-state index is 0.0496. The lowest BCUT2D eigenvalue weighted by Crippen LogP contribution is -2.33. The van der Waals surface area contributed by atoms with Gasteiger partial charge in [-0.1, -0.05) is 6.92 Å². The average Bonchev–Trinajstić information content (AvgIpc) is 2.98. The maximum Gasteiger partial charge on any atom is 0.262 e. The van der Waals surface area contributed by atoms with Gasteiger partial charge in [-0.3, -0.25) is 19.0 Å². The normalized spacial score (nSPS) is 12.1. The third-order valence-electron chi connectivity index (χ3n) is 4.27. The highest BCUT2D eigenvalue weighted by Crippen LogP contribution is 2.26. The largest absolute Gasteiger partial charge is 0.385 e. The SMILES string of the molecule is CC[C@@H](C)NC(=O)c1sc2ncn(CC(=O)NCCCOC)c(=O)c2c1C. The Morgan fingerprint density at radius 2 is 2.15 bits per heavy atom. The van der Waals surface area contributed by atoms with E-state index in [0.29, 0.717) is 40.2 Å². The topological polar surface area (TPSA) is 102 Å². The Morgan fingerprint density at radius 3 is 2.81 bits per heavy atom. The van der Waals surface area contributed by atoms with Crippen LogP contribution in [0.4, 0.5) is 0 Å². The highest BCUT2D eigenvalue weighted by molar-refractivity contribution is 7.20. The van der Waals surface area contributed by atoms with Crippen LogP contribution >= 0.6 is 11.3 Å². The number of carbonyl (C=O) groups excluding carboxylic acids is 2. The van der Waals surface area contributed by atoms with Crippen molar-refractivity contribution in [1.82, 2.24) is 20.2 Å². The van der Waals surface area contributed by atoms with Gasteiger partial charge in [0.2, 0.25) is 5.91 Å². The first-order chi connectivity index (χ1) is 12.9. The number of aryl methyl sites for hydroxylation is 1. The molecule has 0 aliphatic carbocycles. The molecule has 0 bridgehead atoms. The molecule has 2 N–H and O–H groups in total. The third kappa shape index (κ3) is 5.14. The van der Waals surface area contributed by atoms with Crippen LogP contribution in [0.5, 0.6) is 0 Å². The molecular formula is C18H26N4O4S. The Bertz CT molecular complexity index is 874. The minimum Gasteiger partial charge on any atom is -0.385 e. The van der Waals surface area contributed by atoms with Gasteiger partial charge in [0.05, 0.1) is 16.6 Å². The van der Waals surface area contributed by atoms with E-state index in [1.807, 2.05) is 13.8 Å². The second-order valence-electron chi connectivity index (χ2n) is 6.39. The fourth-order valence-corrected chi connectivity index (χ4v) is 3.58. The molecule has 0 saturated carbocycles. The number of fused-ring (bicyclic) bond motifs is 1. The monoisotopic (exact) mass is 394 g/mol. The van der Waals surface area contributed by atoms with Crippen LogP contribution in [-0.2, 0) is 16.1 Å². The highest BCUT2D eigenvalue weighted by Gasteiger charge is 2.20. The zero-order chi connectivity index (χ0) is 20.0. The lowest BCUT2D eigenvalue weighted by molar-refractivity contribution is -0.121. The van der Waals surface area contributed by atoms with E-state index < -0.39 is 0 Å². The van der Waals surface area contributed by atoms with E-state index in [1.54, 1.807) is 14.0 Å². The van der Waals surface area contributed by atoms with Crippen molar-refractivity contribution in [2.75, 3.05) is 20.3 Å². The van der Waals surface area contributed by atoms with Gasteiger partial charge in [0.1, 0.15) is 11.4 Å². The summed E-state index contributed by atoms with van der Waals surface area (Å²) in [6.45, 7) is 6.58. The molecule has 148 valence electrons. The Kier molecular flexibility index (Phi) is 7.49. The first-order valence-corrected chi connectivity index (χ1v) is 9.75. The number of ether oxygens (including phenoxy) is 1. The van der Waals surface area contributed by atoms with Gasteiger partial charge >= 0.3 is 0 Å². The van der Waals surface area contributed by atoms with Crippen molar-refractivity contribution in [3.05, 3.63) is 27.1 Å². The first-order valence-electron chi connectivity index (χ1n) is 8.94. The Balaban J connectivity index is 2.21. The van der Waals surface area contributed by atoms with Crippen LogP contribution in [0.2, 0.25) is 0 Å². The number of methoxy groups -OCH3 is 1. The van der Waals surface area contributed by atoms with E-state index in [-0.39, 0.29) is 30.0 Å². The van der Waals surface area contributed by atoms with Gasteiger partial charge < -0.3 is 15.4 Å². The summed E-state index contributed by atoms with van der Waals surface area (Å²) in [7, 11) is 1.60. The number of nitrogens with zero attached hydrogens (tertiary/aromatic N) is 2. The van der Waals surface area contributed by atoms with E-state index in [0.717, 1.165) is 6.42 Å². The summed E-state index contributed by atoms with van der Waals surface area (Å²) >= 11 is 1.19. The standard InChI is InChI=1S/C18H26N4O4S/c1-5-11(2)21-16(24)15-12(3)14-17(27-15)20-10-22(18(14)25)9-13(23)19-7-6-8-26-4/h10-11H,5-9H2,1-4H3,(H,19,23)(H,21,24)/t11-/m1/s1. The number of thiophene rings is 1. The second kappa shape index (κ2) is 9.61. The van der Waals surface area contributed by atoms with E-state index in [2.05, 4.69) is 15.6 Å². The van der Waals surface area contributed by atoms with Crippen LogP contribution < -0.4 is 16.2 Å². The summed E-state index contributed by atoms with van der Waals surface area (Å²) in [5.74, 6) is -0.469. The summed E-state index contributed by atoms with van der Waals surface area (Å²) in [5, 5.41) is 6.04. The maximum absolute atomic E-state index is 12.8. The molecule has 8 nitrogen and oxygen atoms in total. The minimum atomic E-state index is -0.316. The number of hydrogen-bond acceptors (Lipinski definition) is 6. The lowest BCUT2D eigenvalue weighted by Gasteiger charge is -2.10. The van der Waals surface area contributed by atoms with E-state index >= 15 is 0 Å². The molecule has 0 radical (unpaired) electrons. The van der Waals surface area contributed by atoms with Crippen LogP contribution in [0, 0.1) is 6.92 Å². The van der Waals surface area contributed by atoms with Gasteiger partial charge in [0.25, 0.3) is 11.5 Å². The van der Waals surface area contributed by atoms with Crippen LogP contribution in [0.15, 0.2) is 11.1 Å². The average molecular weight is 394 g/mol. The molecule has 2 heterocycles. The Labute approximate surface area is 161 Å². The zero-order valence-corrected chi connectivity index (χ0v) is 16.9. The highest BCUT2D eigenvalue weighted by atomic mass is 32.1. The molecular weight excluding hydrogens is 368 g/mol. The predicted octanol–water partition coefficient (Wildman–Crippen LogP) is 1.45. The van der Waals surface area contributed by atoms with Gasteiger partial charge in [-0.2, -0.15) is 0 Å². The molecule has 2 rings (SSSR count). The molecule has 0 aromatic carbocycles. The quantitative estimate of drug-likeness (QED) is 0.627. The first kappa shape index (κ1) is 21.0. The van der Waals surface area contributed by atoms with Crippen molar-refractivity contribution in [3.63, 3.8) is 0 Å². The van der Waals surface area contributed by atoms with Gasteiger partial charge in [-0.25, -0.2) is 4.98 Å². The molecule has 2 aromatic heterocycles. The van der Waals surface area contributed by atoms with E-state index in [4.69, 9.17) is 4.74 Å². The Hall–Kier alpha value is -2.26. The molecule has 0 fully saturated rings. The fourth-order valence-electron chi connectivity index (χ4n) is 2.53. The Morgan fingerprint density at radius 1 is 1.41 bits per heavy atom. The maximum atomic E-state index is 12.8. The van der Waals surface area contributed by atoms with Crippen molar-refractivity contribution >= 4 is 33.4 Å². The number of carbonyl (C=O) groups is 2. The van der Waals surface area contributed by atoms with Crippen LogP contribution in [-0.4, -0.2) is 47.7 Å². The molecule has 0 unspecified atom stereocenters. The summed E-state index contributed by atoms with van der Waals surface area (Å²) in [6, 6.07) is 0.0496. The summed E-state index contributed by atoms with van der Waals surface area (Å²) in [5.41, 5.74) is 0.284. The molecule has 1 atom stereocenters. The van der Waals surface area contributed by atoms with Crippen molar-refractivity contribution in [2.24, 2.45) is 0 Å². The number of nitrogens with one attached hydrogen (secondary N) is 2. The van der Waals surface area contributed by atoms with Crippen molar-refractivity contribution in [2.45, 2.75) is 46.2 Å². The van der Waals surface area contributed by atoms with Crippen LogP contribution in [0.25, 0.3) is 10.2 Å². The van der Waals surface area contributed by atoms with Crippen molar-refractivity contribution in [1.29, 1.82) is 0 Å². The fraction of sp³-hybridized carbons (Fsp3) is 0.556. The van der Waals surface area contributed by atoms with Crippen LogP contribution in [0.3, 0.4) is 0 Å². The summed E-state index contributed by atoms with van der Waals surface area (Å²) in [6.07, 6.45) is 2.87. The number of rotatable bonds is 9. The van der Waals surface area contributed by atoms with Gasteiger partial charge in [-0.05, 0) is 32.3 Å². The molecule has 0 spiro atoms. The number of amides is 2. The number of hydrogen-bond donors (Lipinski definition) is 2. The molecule has 9 heteroatoms. The van der Waals surface area contributed by atoms with E-state index in [1.165, 1.54) is 22.2 Å². The smallest absolute Gasteiger partial charge is 0.262 e. The molecule has 0 aliphatic rings. The molecule has 0 aliphatic heterocycles. The lowest BCUT2D eigenvalue weighted by atomic mass is 10.2. The van der Waals surface area contributed by atoms with Gasteiger partial charge in [0, 0.05) is 26.3 Å². The van der Waals surface area contributed by atoms with Crippen LogP contribution in [0.1, 0.15) is 41.9 Å². The molecule has 27 heavy (non-hydrogen) atoms.